The van der Waals surface area contributed by atoms with Crippen molar-refractivity contribution in [3.63, 3.8) is 0 Å². The molecule has 1 saturated carbocycles. The fourth-order valence-electron chi connectivity index (χ4n) is 4.62. The first-order valence-electron chi connectivity index (χ1n) is 11.8. The molecule has 33 heavy (non-hydrogen) atoms. The van der Waals surface area contributed by atoms with Crippen LogP contribution < -0.4 is 9.47 Å². The second kappa shape index (κ2) is 10.2. The van der Waals surface area contributed by atoms with Crippen molar-refractivity contribution in [3.8, 4) is 11.5 Å². The number of imidazole rings is 1. The van der Waals surface area contributed by atoms with Crippen LogP contribution in [0.3, 0.4) is 0 Å². The Balaban J connectivity index is 1.73. The predicted molar refractivity (Wildman–Crippen MR) is 129 cm³/mol. The van der Waals surface area contributed by atoms with Gasteiger partial charge in [-0.05, 0) is 55.5 Å². The quantitative estimate of drug-likeness (QED) is 0.445. The molecule has 1 amide bonds. The van der Waals surface area contributed by atoms with E-state index in [1.54, 1.807) is 32.4 Å². The lowest BCUT2D eigenvalue weighted by Gasteiger charge is -2.26. The zero-order valence-electron chi connectivity index (χ0n) is 20.1. The number of benzene rings is 1. The highest BCUT2D eigenvalue weighted by Gasteiger charge is 2.27. The molecule has 7 heteroatoms. The molecule has 1 fully saturated rings. The summed E-state index contributed by atoms with van der Waals surface area (Å²) in [7, 11) is 3.19. The zero-order chi connectivity index (χ0) is 23.4. The molecular weight excluding hydrogens is 416 g/mol. The highest BCUT2D eigenvalue weighted by atomic mass is 16.5. The summed E-state index contributed by atoms with van der Waals surface area (Å²) in [5.74, 6) is 2.47. The van der Waals surface area contributed by atoms with Gasteiger partial charge in [0.15, 0.2) is 5.65 Å². The summed E-state index contributed by atoms with van der Waals surface area (Å²) in [6, 6.07) is 9.64. The van der Waals surface area contributed by atoms with Gasteiger partial charge >= 0.3 is 0 Å². The standard InChI is InChI=1S/C26H34N4O3/c1-18(2)13-15-29(26(31)21-16-20(32-3)11-12-23(21)33-4)17-24-28-22-10-7-14-27-25(22)30(24)19-8-5-6-9-19/h7,10-12,14,16,18-19H,5-6,8-9,13,15,17H2,1-4H3. The van der Waals surface area contributed by atoms with Crippen molar-refractivity contribution in [1.82, 2.24) is 19.4 Å². The van der Waals surface area contributed by atoms with E-state index in [1.807, 2.05) is 23.2 Å². The number of carbonyl (C=O) groups is 1. The maximum atomic E-state index is 13.8. The Morgan fingerprint density at radius 3 is 2.67 bits per heavy atom. The molecule has 7 nitrogen and oxygen atoms in total. The van der Waals surface area contributed by atoms with Gasteiger partial charge in [-0.25, -0.2) is 9.97 Å². The second-order valence-electron chi connectivity index (χ2n) is 9.16. The number of methoxy groups -OCH3 is 2. The van der Waals surface area contributed by atoms with Crippen LogP contribution in [0.2, 0.25) is 0 Å². The first-order valence-corrected chi connectivity index (χ1v) is 11.8. The van der Waals surface area contributed by atoms with Crippen LogP contribution in [0.5, 0.6) is 11.5 Å². The number of amides is 1. The van der Waals surface area contributed by atoms with Crippen LogP contribution in [0.4, 0.5) is 0 Å². The smallest absolute Gasteiger partial charge is 0.258 e. The van der Waals surface area contributed by atoms with Crippen LogP contribution in [0, 0.1) is 5.92 Å². The highest BCUT2D eigenvalue weighted by molar-refractivity contribution is 5.97. The maximum Gasteiger partial charge on any atom is 0.258 e. The van der Waals surface area contributed by atoms with Gasteiger partial charge in [-0.1, -0.05) is 26.7 Å². The lowest BCUT2D eigenvalue weighted by atomic mass is 10.1. The molecule has 1 aromatic carbocycles. The van der Waals surface area contributed by atoms with E-state index < -0.39 is 0 Å². The van der Waals surface area contributed by atoms with E-state index in [9.17, 15) is 4.79 Å². The number of nitrogens with zero attached hydrogens (tertiary/aromatic N) is 4. The van der Waals surface area contributed by atoms with Crippen LogP contribution in [0.25, 0.3) is 11.2 Å². The molecule has 3 aromatic rings. The van der Waals surface area contributed by atoms with Crippen LogP contribution in [-0.2, 0) is 6.54 Å². The van der Waals surface area contributed by atoms with Gasteiger partial charge in [-0.3, -0.25) is 4.79 Å². The molecule has 0 saturated heterocycles. The van der Waals surface area contributed by atoms with Crippen molar-refractivity contribution in [2.75, 3.05) is 20.8 Å². The summed E-state index contributed by atoms with van der Waals surface area (Å²) in [5, 5.41) is 0. The molecule has 0 spiro atoms. The van der Waals surface area contributed by atoms with E-state index in [0.29, 0.717) is 42.1 Å². The number of ether oxygens (including phenoxy) is 2. The summed E-state index contributed by atoms with van der Waals surface area (Å²) in [4.78, 5) is 25.3. The number of hydrogen-bond donors (Lipinski definition) is 0. The number of fused-ring (bicyclic) bond motifs is 1. The Hall–Kier alpha value is -3.09. The monoisotopic (exact) mass is 450 g/mol. The minimum atomic E-state index is -0.0793. The van der Waals surface area contributed by atoms with Gasteiger partial charge in [0.1, 0.15) is 22.8 Å². The van der Waals surface area contributed by atoms with Crippen molar-refractivity contribution < 1.29 is 14.3 Å². The molecule has 176 valence electrons. The molecule has 1 aliphatic rings. The minimum absolute atomic E-state index is 0.0793. The van der Waals surface area contributed by atoms with Gasteiger partial charge < -0.3 is 18.9 Å². The Morgan fingerprint density at radius 1 is 1.18 bits per heavy atom. The first-order chi connectivity index (χ1) is 16.0. The van der Waals surface area contributed by atoms with E-state index in [-0.39, 0.29) is 5.91 Å². The third-order valence-corrected chi connectivity index (χ3v) is 6.44. The lowest BCUT2D eigenvalue weighted by molar-refractivity contribution is 0.0724. The lowest BCUT2D eigenvalue weighted by Crippen LogP contribution is -2.34. The van der Waals surface area contributed by atoms with Crippen LogP contribution >= 0.6 is 0 Å². The zero-order valence-corrected chi connectivity index (χ0v) is 20.1. The minimum Gasteiger partial charge on any atom is -0.497 e. The highest BCUT2D eigenvalue weighted by Crippen LogP contribution is 2.34. The SMILES string of the molecule is COc1ccc(OC)c(C(=O)N(CCC(C)C)Cc2nc3cccnc3n2C2CCCC2)c1. The summed E-state index contributed by atoms with van der Waals surface area (Å²) in [6.07, 6.45) is 7.40. The van der Waals surface area contributed by atoms with Crippen LogP contribution in [-0.4, -0.2) is 46.1 Å². The Kier molecular flexibility index (Phi) is 7.16. The average Bonchev–Trinajstić information content (AvgIpc) is 3.48. The van der Waals surface area contributed by atoms with E-state index in [4.69, 9.17) is 14.5 Å². The first kappa shape index (κ1) is 23.1. The Morgan fingerprint density at radius 2 is 1.97 bits per heavy atom. The molecule has 0 unspecified atom stereocenters. The molecule has 0 radical (unpaired) electrons. The number of carbonyl (C=O) groups excluding carboxylic acids is 1. The van der Waals surface area contributed by atoms with Crippen LogP contribution in [0.15, 0.2) is 36.5 Å². The van der Waals surface area contributed by atoms with Gasteiger partial charge in [0.2, 0.25) is 0 Å². The summed E-state index contributed by atoms with van der Waals surface area (Å²) >= 11 is 0. The molecule has 0 atom stereocenters. The maximum absolute atomic E-state index is 13.8. The van der Waals surface area contributed by atoms with E-state index in [0.717, 1.165) is 36.3 Å². The fourth-order valence-corrected chi connectivity index (χ4v) is 4.62. The predicted octanol–water partition coefficient (Wildman–Crippen LogP) is 5.25. The number of hydrogen-bond acceptors (Lipinski definition) is 5. The molecule has 2 aromatic heterocycles. The van der Waals surface area contributed by atoms with Gasteiger partial charge in [-0.2, -0.15) is 0 Å². The number of rotatable bonds is 9. The van der Waals surface area contributed by atoms with Crippen molar-refractivity contribution in [1.29, 1.82) is 0 Å². The van der Waals surface area contributed by atoms with E-state index in [1.165, 1.54) is 12.8 Å². The van der Waals surface area contributed by atoms with Crippen molar-refractivity contribution in [2.45, 2.75) is 58.5 Å². The largest absolute Gasteiger partial charge is 0.497 e. The molecule has 1 aliphatic carbocycles. The van der Waals surface area contributed by atoms with E-state index in [2.05, 4.69) is 23.4 Å². The third kappa shape index (κ3) is 4.97. The Bertz CT molecular complexity index is 1100. The van der Waals surface area contributed by atoms with Gasteiger partial charge in [-0.15, -0.1) is 0 Å². The molecule has 0 N–H and O–H groups in total. The average molecular weight is 451 g/mol. The molecule has 0 bridgehead atoms. The number of pyridine rings is 1. The van der Waals surface area contributed by atoms with Crippen molar-refractivity contribution in [3.05, 3.63) is 47.9 Å². The third-order valence-electron chi connectivity index (χ3n) is 6.44. The summed E-state index contributed by atoms with van der Waals surface area (Å²) in [5.41, 5.74) is 2.30. The van der Waals surface area contributed by atoms with Gasteiger partial charge in [0.25, 0.3) is 5.91 Å². The molecule has 0 aliphatic heterocycles. The molecular formula is C26H34N4O3. The summed E-state index contributed by atoms with van der Waals surface area (Å²) in [6.45, 7) is 5.41. The fraction of sp³-hybridized carbons (Fsp3) is 0.500. The van der Waals surface area contributed by atoms with Crippen LogP contribution in [0.1, 0.15) is 68.2 Å². The summed E-state index contributed by atoms with van der Waals surface area (Å²) < 4.78 is 13.2. The number of aromatic nitrogens is 3. The van der Waals surface area contributed by atoms with Gasteiger partial charge in [0, 0.05) is 18.8 Å². The Labute approximate surface area is 195 Å². The molecule has 2 heterocycles. The topological polar surface area (TPSA) is 69.5 Å². The van der Waals surface area contributed by atoms with Crippen molar-refractivity contribution >= 4 is 17.1 Å². The van der Waals surface area contributed by atoms with Gasteiger partial charge in [0.05, 0.1) is 26.3 Å². The normalized spacial score (nSPS) is 14.2. The second-order valence-corrected chi connectivity index (χ2v) is 9.16. The molecule has 4 rings (SSSR count). The van der Waals surface area contributed by atoms with E-state index >= 15 is 0 Å². The van der Waals surface area contributed by atoms with Crippen molar-refractivity contribution in [2.24, 2.45) is 5.92 Å².